The maximum atomic E-state index is 3.83. The zero-order chi connectivity index (χ0) is 11.0. The largest absolute Gasteiger partial charge is 0.307 e. The summed E-state index contributed by atoms with van der Waals surface area (Å²) in [5.74, 6) is 0.898. The van der Waals surface area contributed by atoms with Crippen LogP contribution in [-0.4, -0.2) is 30.6 Å². The molecule has 2 aliphatic rings. The highest BCUT2D eigenvalue weighted by Gasteiger charge is 2.34. The minimum atomic E-state index is 0.517. The second kappa shape index (κ2) is 4.47. The first kappa shape index (κ1) is 10.8. The molecule has 2 saturated heterocycles. The van der Waals surface area contributed by atoms with Crippen LogP contribution in [0.3, 0.4) is 0 Å². The van der Waals surface area contributed by atoms with E-state index in [9.17, 15) is 0 Å². The molecule has 0 saturated carbocycles. The quantitative estimate of drug-likeness (QED) is 0.867. The molecule has 3 heterocycles. The van der Waals surface area contributed by atoms with Crippen LogP contribution in [0.25, 0.3) is 0 Å². The summed E-state index contributed by atoms with van der Waals surface area (Å²) in [5, 5.41) is 8.27. The van der Waals surface area contributed by atoms with E-state index in [1.165, 1.54) is 38.0 Å². The van der Waals surface area contributed by atoms with Crippen LogP contribution in [0.5, 0.6) is 0 Å². The predicted octanol–water partition coefficient (Wildman–Crippen LogP) is 2.49. The fraction of sp³-hybridized carbons (Fsp3) is 0.692. The van der Waals surface area contributed by atoms with Crippen LogP contribution >= 0.6 is 11.3 Å². The second-order valence-corrected chi connectivity index (χ2v) is 5.97. The number of fused-ring (bicyclic) bond motifs is 2. The Morgan fingerprint density at radius 1 is 1.44 bits per heavy atom. The van der Waals surface area contributed by atoms with Gasteiger partial charge in [-0.1, -0.05) is 0 Å². The monoisotopic (exact) mass is 236 g/mol. The molecular formula is C13H20N2S. The van der Waals surface area contributed by atoms with Gasteiger partial charge in [0.05, 0.1) is 0 Å². The third-order valence-corrected chi connectivity index (χ3v) is 4.84. The lowest BCUT2D eigenvalue weighted by molar-refractivity contribution is 0.212. The molecule has 88 valence electrons. The molecule has 4 unspecified atom stereocenters. The molecule has 1 aromatic heterocycles. The normalized spacial score (nSPS) is 35.2. The summed E-state index contributed by atoms with van der Waals surface area (Å²) >= 11 is 1.80. The van der Waals surface area contributed by atoms with Gasteiger partial charge in [-0.3, -0.25) is 0 Å². The SMILES string of the molecule is CC(NC1CCN2CCC1C2)c1ccsc1. The van der Waals surface area contributed by atoms with Crippen molar-refractivity contribution in [3.63, 3.8) is 0 Å². The molecule has 2 aliphatic heterocycles. The van der Waals surface area contributed by atoms with E-state index < -0.39 is 0 Å². The maximum absolute atomic E-state index is 3.83. The van der Waals surface area contributed by atoms with Crippen LogP contribution in [0.4, 0.5) is 0 Å². The Bertz CT molecular complexity index is 336. The van der Waals surface area contributed by atoms with Crippen LogP contribution in [0.2, 0.25) is 0 Å². The van der Waals surface area contributed by atoms with E-state index in [1.54, 1.807) is 11.3 Å². The van der Waals surface area contributed by atoms with Crippen molar-refractivity contribution < 1.29 is 0 Å². The van der Waals surface area contributed by atoms with Gasteiger partial charge in [0.2, 0.25) is 0 Å². The van der Waals surface area contributed by atoms with Gasteiger partial charge in [-0.15, -0.1) is 0 Å². The van der Waals surface area contributed by atoms with Gasteiger partial charge in [-0.05, 0) is 61.2 Å². The van der Waals surface area contributed by atoms with Crippen molar-refractivity contribution in [2.24, 2.45) is 5.92 Å². The number of piperidine rings is 1. The molecule has 3 heteroatoms. The zero-order valence-electron chi connectivity index (χ0n) is 9.86. The molecular weight excluding hydrogens is 216 g/mol. The number of nitrogens with one attached hydrogen (secondary N) is 1. The molecule has 4 atom stereocenters. The zero-order valence-corrected chi connectivity index (χ0v) is 10.7. The van der Waals surface area contributed by atoms with Gasteiger partial charge < -0.3 is 10.2 Å². The molecule has 0 aliphatic carbocycles. The molecule has 3 rings (SSSR count). The highest BCUT2D eigenvalue weighted by Crippen LogP contribution is 2.29. The van der Waals surface area contributed by atoms with Crippen molar-refractivity contribution in [3.05, 3.63) is 22.4 Å². The summed E-state index contributed by atoms with van der Waals surface area (Å²) < 4.78 is 0. The van der Waals surface area contributed by atoms with Crippen molar-refractivity contribution in [2.45, 2.75) is 31.8 Å². The molecule has 2 fully saturated rings. The summed E-state index contributed by atoms with van der Waals surface area (Å²) in [6, 6.07) is 3.50. The van der Waals surface area contributed by atoms with E-state index in [-0.39, 0.29) is 0 Å². The summed E-state index contributed by atoms with van der Waals surface area (Å²) in [6.45, 7) is 6.25. The number of thiophene rings is 1. The van der Waals surface area contributed by atoms with E-state index in [0.717, 1.165) is 12.0 Å². The Morgan fingerprint density at radius 3 is 3.12 bits per heavy atom. The first-order chi connectivity index (χ1) is 7.83. The van der Waals surface area contributed by atoms with Gasteiger partial charge in [-0.2, -0.15) is 11.3 Å². The lowest BCUT2D eigenvalue weighted by atomic mass is 9.93. The minimum absolute atomic E-state index is 0.517. The van der Waals surface area contributed by atoms with Crippen molar-refractivity contribution >= 4 is 11.3 Å². The van der Waals surface area contributed by atoms with Crippen molar-refractivity contribution in [1.29, 1.82) is 0 Å². The Morgan fingerprint density at radius 2 is 2.31 bits per heavy atom. The first-order valence-electron chi connectivity index (χ1n) is 6.33. The lowest BCUT2D eigenvalue weighted by Gasteiger charge is -2.33. The lowest BCUT2D eigenvalue weighted by Crippen LogP contribution is -2.44. The highest BCUT2D eigenvalue weighted by molar-refractivity contribution is 7.07. The third kappa shape index (κ3) is 2.04. The number of hydrogen-bond donors (Lipinski definition) is 1. The summed E-state index contributed by atoms with van der Waals surface area (Å²) in [5.41, 5.74) is 1.45. The topological polar surface area (TPSA) is 15.3 Å². The van der Waals surface area contributed by atoms with Crippen LogP contribution in [0.15, 0.2) is 16.8 Å². The van der Waals surface area contributed by atoms with E-state index >= 15 is 0 Å². The average molecular weight is 236 g/mol. The smallest absolute Gasteiger partial charge is 0.0302 e. The summed E-state index contributed by atoms with van der Waals surface area (Å²) in [6.07, 6.45) is 2.73. The number of hydrogen-bond acceptors (Lipinski definition) is 3. The van der Waals surface area contributed by atoms with E-state index in [1.807, 2.05) is 0 Å². The molecule has 2 nitrogen and oxygen atoms in total. The Kier molecular flexibility index (Phi) is 3.01. The molecule has 2 bridgehead atoms. The molecule has 1 aromatic rings. The van der Waals surface area contributed by atoms with Gasteiger partial charge >= 0.3 is 0 Å². The van der Waals surface area contributed by atoms with Gasteiger partial charge in [0.15, 0.2) is 0 Å². The minimum Gasteiger partial charge on any atom is -0.307 e. The summed E-state index contributed by atoms with van der Waals surface area (Å²) in [4.78, 5) is 2.61. The van der Waals surface area contributed by atoms with Crippen molar-refractivity contribution in [1.82, 2.24) is 10.2 Å². The van der Waals surface area contributed by atoms with E-state index in [2.05, 4.69) is 34.0 Å². The fourth-order valence-electron chi connectivity index (χ4n) is 3.11. The highest BCUT2D eigenvalue weighted by atomic mass is 32.1. The molecule has 0 spiro atoms. The first-order valence-corrected chi connectivity index (χ1v) is 7.28. The van der Waals surface area contributed by atoms with Gasteiger partial charge in [0.25, 0.3) is 0 Å². The Balaban J connectivity index is 1.62. The average Bonchev–Trinajstić information content (AvgIpc) is 2.93. The Hall–Kier alpha value is -0.380. The standard InChI is InChI=1S/C13H20N2S/c1-10(12-4-7-16-9-12)14-13-3-6-15-5-2-11(13)8-15/h4,7,9-11,13-14H,2-3,5-6,8H2,1H3. The van der Waals surface area contributed by atoms with Crippen molar-refractivity contribution in [3.8, 4) is 0 Å². The molecule has 0 amide bonds. The Labute approximate surface area is 102 Å². The van der Waals surface area contributed by atoms with Crippen LogP contribution in [0.1, 0.15) is 31.4 Å². The van der Waals surface area contributed by atoms with E-state index in [0.29, 0.717) is 6.04 Å². The molecule has 0 aromatic carbocycles. The van der Waals surface area contributed by atoms with Gasteiger partial charge in [0.1, 0.15) is 0 Å². The number of nitrogens with zero attached hydrogens (tertiary/aromatic N) is 1. The van der Waals surface area contributed by atoms with E-state index in [4.69, 9.17) is 0 Å². The maximum Gasteiger partial charge on any atom is 0.0302 e. The van der Waals surface area contributed by atoms with Crippen LogP contribution in [0, 0.1) is 5.92 Å². The third-order valence-electron chi connectivity index (χ3n) is 4.14. The second-order valence-electron chi connectivity index (χ2n) is 5.19. The van der Waals surface area contributed by atoms with Gasteiger partial charge in [-0.25, -0.2) is 0 Å². The van der Waals surface area contributed by atoms with Crippen molar-refractivity contribution in [2.75, 3.05) is 19.6 Å². The number of rotatable bonds is 3. The fourth-order valence-corrected chi connectivity index (χ4v) is 3.86. The molecule has 0 radical (unpaired) electrons. The molecule has 1 N–H and O–H groups in total. The predicted molar refractivity (Wildman–Crippen MR) is 68.8 cm³/mol. The van der Waals surface area contributed by atoms with Gasteiger partial charge in [0, 0.05) is 18.6 Å². The molecule has 16 heavy (non-hydrogen) atoms. The van der Waals surface area contributed by atoms with Crippen LogP contribution in [-0.2, 0) is 0 Å². The van der Waals surface area contributed by atoms with Crippen LogP contribution < -0.4 is 5.32 Å². The summed E-state index contributed by atoms with van der Waals surface area (Å²) in [7, 11) is 0.